The highest BCUT2D eigenvalue weighted by atomic mass is 79.9. The lowest BCUT2D eigenvalue weighted by Crippen LogP contribution is -2.21. The molecule has 174 valence electrons. The van der Waals surface area contributed by atoms with Crippen molar-refractivity contribution in [1.82, 2.24) is 4.98 Å². The number of aromatic nitrogens is 1. The van der Waals surface area contributed by atoms with Crippen LogP contribution in [0.1, 0.15) is 12.5 Å². The lowest BCUT2D eigenvalue weighted by atomic mass is 10.2. The average molecular weight is 594 g/mol. The molecule has 0 radical (unpaired) electrons. The molecule has 33 heavy (non-hydrogen) atoms. The molecule has 0 aliphatic rings. The smallest absolute Gasteiger partial charge is 0.263 e. The van der Waals surface area contributed by atoms with Crippen LogP contribution in [0.2, 0.25) is 15.1 Å². The summed E-state index contributed by atoms with van der Waals surface area (Å²) in [4.78, 5) is 16.9. The van der Waals surface area contributed by atoms with Crippen LogP contribution in [0.3, 0.4) is 0 Å². The van der Waals surface area contributed by atoms with Crippen molar-refractivity contribution in [2.75, 3.05) is 16.2 Å². The van der Waals surface area contributed by atoms with Crippen molar-refractivity contribution in [1.29, 1.82) is 0 Å². The van der Waals surface area contributed by atoms with E-state index >= 15 is 0 Å². The number of benzene rings is 2. The summed E-state index contributed by atoms with van der Waals surface area (Å²) < 4.78 is 34.9. The van der Waals surface area contributed by atoms with E-state index in [0.29, 0.717) is 44.5 Å². The third-order valence-electron chi connectivity index (χ3n) is 4.48. The van der Waals surface area contributed by atoms with E-state index in [-0.39, 0.29) is 21.4 Å². The molecule has 0 saturated carbocycles. The molecule has 0 unspecified atom stereocenters. The Balaban J connectivity index is 2.07. The van der Waals surface area contributed by atoms with Crippen LogP contribution >= 0.6 is 50.7 Å². The minimum Gasteiger partial charge on any atom is -0.453 e. The second kappa shape index (κ2) is 10.5. The second-order valence-corrected chi connectivity index (χ2v) is 10.5. The van der Waals surface area contributed by atoms with Crippen LogP contribution in [-0.4, -0.2) is 26.4 Å². The number of hydrogen-bond donors (Lipinski definition) is 1. The van der Waals surface area contributed by atoms with E-state index in [1.807, 2.05) is 0 Å². The Morgan fingerprint density at radius 2 is 1.85 bits per heavy atom. The Morgan fingerprint density at radius 1 is 1.12 bits per heavy atom. The third kappa shape index (κ3) is 5.91. The fourth-order valence-corrected chi connectivity index (χ4v) is 5.46. The number of carbonyl (C=O) groups excluding carboxylic acids is 1. The minimum absolute atomic E-state index is 0.0223. The number of ether oxygens (including phenoxy) is 1. The Kier molecular flexibility index (Phi) is 8.13. The predicted octanol–water partition coefficient (Wildman–Crippen LogP) is 6.69. The van der Waals surface area contributed by atoms with Crippen LogP contribution < -0.4 is 14.4 Å². The summed E-state index contributed by atoms with van der Waals surface area (Å²) >= 11 is 21.5. The molecule has 1 N–H and O–H groups in total. The van der Waals surface area contributed by atoms with Crippen LogP contribution in [0, 0.1) is 6.92 Å². The van der Waals surface area contributed by atoms with Gasteiger partial charge in [0, 0.05) is 28.3 Å². The molecule has 2 aromatic carbocycles. The van der Waals surface area contributed by atoms with Crippen molar-refractivity contribution in [2.24, 2.45) is 0 Å². The van der Waals surface area contributed by atoms with Gasteiger partial charge in [-0.05, 0) is 59.6 Å². The zero-order chi connectivity index (χ0) is 24.3. The number of nitrogens with one attached hydrogen (secondary N) is 1. The van der Waals surface area contributed by atoms with Crippen LogP contribution in [0.5, 0.6) is 11.5 Å². The highest BCUT2D eigenvalue weighted by Crippen LogP contribution is 2.40. The fourth-order valence-electron chi connectivity index (χ4n) is 2.84. The molecular weight excluding hydrogens is 577 g/mol. The number of anilines is 2. The van der Waals surface area contributed by atoms with Gasteiger partial charge in [0.25, 0.3) is 10.0 Å². The number of sulfonamides is 1. The summed E-state index contributed by atoms with van der Waals surface area (Å²) in [6.07, 6.45) is 3.53. The van der Waals surface area contributed by atoms with Gasteiger partial charge in [0.15, 0.2) is 5.75 Å². The molecule has 0 aliphatic carbocycles. The first-order valence-electron chi connectivity index (χ1n) is 9.38. The molecular formula is C21H17BrCl3N3O4S. The molecule has 12 heteroatoms. The number of nitrogens with zero attached hydrogens (tertiary/aromatic N) is 2. The highest BCUT2D eigenvalue weighted by molar-refractivity contribution is 9.10. The zero-order valence-electron chi connectivity index (χ0n) is 17.3. The van der Waals surface area contributed by atoms with Crippen molar-refractivity contribution < 1.29 is 17.9 Å². The first-order chi connectivity index (χ1) is 15.6. The lowest BCUT2D eigenvalue weighted by molar-refractivity contribution is -0.107. The molecule has 0 fully saturated rings. The Hall–Kier alpha value is -2.04. The van der Waals surface area contributed by atoms with E-state index in [1.54, 1.807) is 19.9 Å². The number of pyridine rings is 1. The van der Waals surface area contributed by atoms with Crippen LogP contribution in [0.4, 0.5) is 11.4 Å². The molecule has 0 atom stereocenters. The van der Waals surface area contributed by atoms with Crippen molar-refractivity contribution in [3.63, 3.8) is 0 Å². The van der Waals surface area contributed by atoms with Crippen LogP contribution in [-0.2, 0) is 14.8 Å². The molecule has 0 spiro atoms. The summed E-state index contributed by atoms with van der Waals surface area (Å²) in [6, 6.07) is 7.33. The van der Waals surface area contributed by atoms with Gasteiger partial charge in [-0.3, -0.25) is 14.5 Å². The van der Waals surface area contributed by atoms with E-state index < -0.39 is 10.0 Å². The number of amides is 1. The van der Waals surface area contributed by atoms with Crippen molar-refractivity contribution in [3.8, 4) is 11.5 Å². The maximum Gasteiger partial charge on any atom is 0.263 e. The summed E-state index contributed by atoms with van der Waals surface area (Å²) in [6.45, 7) is 3.75. The zero-order valence-corrected chi connectivity index (χ0v) is 21.9. The van der Waals surface area contributed by atoms with E-state index in [1.165, 1.54) is 41.6 Å². The topological polar surface area (TPSA) is 88.6 Å². The summed E-state index contributed by atoms with van der Waals surface area (Å²) in [5.41, 5.74) is 1.05. The number of hydrogen-bond acceptors (Lipinski definition) is 5. The molecule has 0 saturated heterocycles. The fraction of sp³-hybridized carbons (Fsp3) is 0.143. The number of halogens is 4. The van der Waals surface area contributed by atoms with Gasteiger partial charge in [-0.2, -0.15) is 0 Å². The maximum absolute atomic E-state index is 13.1. The van der Waals surface area contributed by atoms with E-state index in [0.717, 1.165) is 0 Å². The maximum atomic E-state index is 13.1. The molecule has 0 bridgehead atoms. The average Bonchev–Trinajstić information content (AvgIpc) is 2.74. The number of carbonyl (C=O) groups is 1. The molecule has 1 heterocycles. The quantitative estimate of drug-likeness (QED) is 0.294. The highest BCUT2D eigenvalue weighted by Gasteiger charge is 2.23. The molecule has 3 rings (SSSR count). The third-order valence-corrected chi connectivity index (χ3v) is 7.58. The summed E-state index contributed by atoms with van der Waals surface area (Å²) in [7, 11) is -4.08. The first-order valence-corrected chi connectivity index (χ1v) is 12.8. The molecule has 1 aromatic heterocycles. The van der Waals surface area contributed by atoms with Crippen molar-refractivity contribution >= 4 is 78.5 Å². The number of rotatable bonds is 8. The molecule has 7 nitrogen and oxygen atoms in total. The van der Waals surface area contributed by atoms with Crippen LogP contribution in [0.25, 0.3) is 0 Å². The van der Waals surface area contributed by atoms with Gasteiger partial charge in [-0.1, -0.05) is 34.8 Å². The Morgan fingerprint density at radius 3 is 2.48 bits per heavy atom. The minimum atomic E-state index is -4.08. The van der Waals surface area contributed by atoms with Gasteiger partial charge in [0.05, 0.1) is 27.6 Å². The van der Waals surface area contributed by atoms with Crippen molar-refractivity contribution in [2.45, 2.75) is 18.7 Å². The lowest BCUT2D eigenvalue weighted by Gasteiger charge is -2.22. The standard InChI is InChI=1S/C21H17BrCl3N3O4S/c1-3-28(11-29)19-8-18(15(22)6-20(19)32-14-5-13(23)9-26-10-14)27-33(30,31)21-4-12(2)16(24)7-17(21)25/h4-11,27H,3H2,1-2H3. The summed E-state index contributed by atoms with van der Waals surface area (Å²) in [5, 5.41) is 0.699. The summed E-state index contributed by atoms with van der Waals surface area (Å²) in [5.74, 6) is 0.623. The monoisotopic (exact) mass is 591 g/mol. The Labute approximate surface area is 214 Å². The Bertz CT molecular complexity index is 1320. The van der Waals surface area contributed by atoms with Crippen LogP contribution in [0.15, 0.2) is 52.1 Å². The first kappa shape index (κ1) is 25.6. The molecule has 1 amide bonds. The van der Waals surface area contributed by atoms with E-state index in [4.69, 9.17) is 39.5 Å². The number of aryl methyl sites for hydroxylation is 1. The second-order valence-electron chi connectivity index (χ2n) is 6.77. The SMILES string of the molecule is CCN(C=O)c1cc(NS(=O)(=O)c2cc(C)c(Cl)cc2Cl)c(Br)cc1Oc1cncc(Cl)c1. The van der Waals surface area contributed by atoms with Gasteiger partial charge in [-0.25, -0.2) is 8.42 Å². The normalized spacial score (nSPS) is 11.2. The predicted molar refractivity (Wildman–Crippen MR) is 135 cm³/mol. The van der Waals surface area contributed by atoms with E-state index in [9.17, 15) is 13.2 Å². The van der Waals surface area contributed by atoms with Crippen molar-refractivity contribution in [3.05, 3.63) is 67.8 Å². The molecule has 3 aromatic rings. The molecule has 0 aliphatic heterocycles. The largest absolute Gasteiger partial charge is 0.453 e. The van der Waals surface area contributed by atoms with Gasteiger partial charge >= 0.3 is 0 Å². The van der Waals surface area contributed by atoms with Gasteiger partial charge in [0.2, 0.25) is 6.41 Å². The van der Waals surface area contributed by atoms with E-state index in [2.05, 4.69) is 25.6 Å². The van der Waals surface area contributed by atoms with Gasteiger partial charge < -0.3 is 9.64 Å². The van der Waals surface area contributed by atoms with Gasteiger partial charge in [-0.15, -0.1) is 0 Å². The van der Waals surface area contributed by atoms with Gasteiger partial charge in [0.1, 0.15) is 10.6 Å².